The number of hydrogen-bond donors (Lipinski definition) is 0. The van der Waals surface area contributed by atoms with Gasteiger partial charge in [0, 0.05) is 25.8 Å². The maximum absolute atomic E-state index is 12.9. The number of aryl methyl sites for hydroxylation is 1. The molecule has 0 aliphatic rings. The first-order valence-corrected chi connectivity index (χ1v) is 9.01. The molecular formula is C21H24N4O. The van der Waals surface area contributed by atoms with Gasteiger partial charge >= 0.3 is 0 Å². The molecular weight excluding hydrogens is 324 g/mol. The summed E-state index contributed by atoms with van der Waals surface area (Å²) in [6.45, 7) is 5.96. The number of benzene rings is 1. The zero-order chi connectivity index (χ0) is 18.7. The van der Waals surface area contributed by atoms with Crippen LogP contribution in [0.2, 0.25) is 0 Å². The Morgan fingerprint density at radius 3 is 2.58 bits per heavy atom. The van der Waals surface area contributed by atoms with Gasteiger partial charge < -0.3 is 9.47 Å². The molecule has 26 heavy (non-hydrogen) atoms. The van der Waals surface area contributed by atoms with Crippen molar-refractivity contribution in [2.75, 3.05) is 18.0 Å². The number of para-hydroxylation sites is 1. The molecule has 0 saturated carbocycles. The number of anilines is 1. The van der Waals surface area contributed by atoms with Crippen molar-refractivity contribution in [3.05, 3.63) is 52.6 Å². The number of hydrogen-bond acceptors (Lipinski definition) is 3. The fourth-order valence-corrected chi connectivity index (χ4v) is 3.26. The Morgan fingerprint density at radius 1 is 1.23 bits per heavy atom. The molecule has 0 fully saturated rings. The Labute approximate surface area is 153 Å². The first kappa shape index (κ1) is 17.8. The highest BCUT2D eigenvalue weighted by molar-refractivity contribution is 5.91. The van der Waals surface area contributed by atoms with Crippen molar-refractivity contribution >= 4 is 16.9 Å². The maximum Gasteiger partial charge on any atom is 0.278 e. The van der Waals surface area contributed by atoms with Crippen molar-refractivity contribution in [2.45, 2.75) is 26.7 Å². The normalized spacial score (nSPS) is 10.8. The quantitative estimate of drug-likeness (QED) is 0.642. The Bertz CT molecular complexity index is 1010. The lowest BCUT2D eigenvalue weighted by molar-refractivity contribution is 0.718. The molecule has 2 heterocycles. The second-order valence-electron chi connectivity index (χ2n) is 6.30. The summed E-state index contributed by atoms with van der Waals surface area (Å²) >= 11 is 0. The summed E-state index contributed by atoms with van der Waals surface area (Å²) in [6, 6.07) is 9.86. The number of terminal acetylenes is 1. The van der Waals surface area contributed by atoms with Crippen molar-refractivity contribution in [2.24, 2.45) is 7.05 Å². The van der Waals surface area contributed by atoms with E-state index in [1.165, 1.54) is 10.9 Å². The molecule has 0 aliphatic carbocycles. The Morgan fingerprint density at radius 2 is 1.96 bits per heavy atom. The van der Waals surface area contributed by atoms with E-state index in [1.807, 2.05) is 34.9 Å². The van der Waals surface area contributed by atoms with Gasteiger partial charge in [-0.05, 0) is 25.5 Å². The summed E-state index contributed by atoms with van der Waals surface area (Å²) in [6.07, 6.45) is 9.56. The molecule has 0 bridgehead atoms. The third kappa shape index (κ3) is 2.88. The summed E-state index contributed by atoms with van der Waals surface area (Å²) in [7, 11) is 1.71. The minimum absolute atomic E-state index is 0.104. The van der Waals surface area contributed by atoms with Crippen LogP contribution >= 0.6 is 0 Å². The van der Waals surface area contributed by atoms with Gasteiger partial charge in [0.2, 0.25) is 0 Å². The van der Waals surface area contributed by atoms with E-state index in [0.717, 1.165) is 37.4 Å². The van der Waals surface area contributed by atoms with E-state index >= 15 is 0 Å². The Kier molecular flexibility index (Phi) is 5.13. The fourth-order valence-electron chi connectivity index (χ4n) is 3.26. The zero-order valence-corrected chi connectivity index (χ0v) is 15.6. The van der Waals surface area contributed by atoms with E-state index in [2.05, 4.69) is 29.7 Å². The molecule has 5 heteroatoms. The predicted molar refractivity (Wildman–Crippen MR) is 107 cm³/mol. The van der Waals surface area contributed by atoms with Crippen LogP contribution in [0.15, 0.2) is 41.5 Å². The van der Waals surface area contributed by atoms with Crippen molar-refractivity contribution in [1.29, 1.82) is 0 Å². The van der Waals surface area contributed by atoms with Gasteiger partial charge in [-0.2, -0.15) is 0 Å². The minimum atomic E-state index is -0.104. The van der Waals surface area contributed by atoms with Gasteiger partial charge in [-0.1, -0.05) is 37.5 Å². The number of aromatic nitrogens is 3. The van der Waals surface area contributed by atoms with Crippen LogP contribution in [-0.2, 0) is 7.05 Å². The molecule has 5 nitrogen and oxygen atoms in total. The number of unbranched alkanes of at least 4 members (excludes halogenated alkanes) is 1. The van der Waals surface area contributed by atoms with Crippen LogP contribution in [0.4, 0.5) is 5.82 Å². The van der Waals surface area contributed by atoms with Crippen LogP contribution in [0.5, 0.6) is 0 Å². The molecule has 2 aromatic heterocycles. The highest BCUT2D eigenvalue weighted by Crippen LogP contribution is 2.33. The first-order chi connectivity index (χ1) is 12.6. The van der Waals surface area contributed by atoms with E-state index in [-0.39, 0.29) is 5.56 Å². The summed E-state index contributed by atoms with van der Waals surface area (Å²) in [5, 5.41) is 0. The van der Waals surface area contributed by atoms with E-state index < -0.39 is 0 Å². The average Bonchev–Trinajstić information content (AvgIpc) is 3.01. The maximum atomic E-state index is 12.9. The van der Waals surface area contributed by atoms with Crippen LogP contribution < -0.4 is 10.5 Å². The molecule has 0 amide bonds. The van der Waals surface area contributed by atoms with Crippen LogP contribution in [0, 0.1) is 12.3 Å². The molecule has 0 unspecified atom stereocenters. The third-order valence-corrected chi connectivity index (χ3v) is 4.62. The Balaban J connectivity index is 2.44. The van der Waals surface area contributed by atoms with Crippen molar-refractivity contribution < 1.29 is 0 Å². The molecule has 3 aromatic rings. The molecule has 0 atom stereocenters. The van der Waals surface area contributed by atoms with Gasteiger partial charge in [0.15, 0.2) is 0 Å². The van der Waals surface area contributed by atoms with Gasteiger partial charge in [0.25, 0.3) is 5.56 Å². The van der Waals surface area contributed by atoms with Gasteiger partial charge in [-0.15, -0.1) is 6.42 Å². The van der Waals surface area contributed by atoms with E-state index in [4.69, 9.17) is 6.42 Å². The number of nitrogens with zero attached hydrogens (tertiary/aromatic N) is 4. The Hall–Kier alpha value is -3.00. The highest BCUT2D eigenvalue weighted by Gasteiger charge is 2.24. The highest BCUT2D eigenvalue weighted by atomic mass is 16.1. The average molecular weight is 348 g/mol. The van der Waals surface area contributed by atoms with Crippen LogP contribution in [-0.4, -0.2) is 27.2 Å². The summed E-state index contributed by atoms with van der Waals surface area (Å²) in [5.74, 6) is 3.67. The molecule has 0 N–H and O–H groups in total. The lowest BCUT2D eigenvalue weighted by Crippen LogP contribution is -2.27. The molecule has 3 rings (SSSR count). The van der Waals surface area contributed by atoms with Gasteiger partial charge in [-0.3, -0.25) is 9.36 Å². The predicted octanol–water partition coefficient (Wildman–Crippen LogP) is 3.33. The standard InChI is InChI=1S/C21H24N4O/c1-5-8-14-24(7-3)20-17(6-2)18-19(21(26)23(4)15-22-18)25(20)16-12-10-9-11-13-16/h2,9-13,15H,5,7-8,14H2,1,3-4H3. The third-order valence-electron chi connectivity index (χ3n) is 4.62. The molecule has 1 aromatic carbocycles. The molecule has 134 valence electrons. The summed E-state index contributed by atoms with van der Waals surface area (Å²) in [5.41, 5.74) is 2.60. The van der Waals surface area contributed by atoms with Crippen molar-refractivity contribution in [3.8, 4) is 18.0 Å². The fraction of sp³-hybridized carbons (Fsp3) is 0.333. The topological polar surface area (TPSA) is 43.1 Å². The molecule has 0 saturated heterocycles. The molecule has 0 spiro atoms. The van der Waals surface area contributed by atoms with E-state index in [9.17, 15) is 4.79 Å². The summed E-state index contributed by atoms with van der Waals surface area (Å²) < 4.78 is 3.47. The largest absolute Gasteiger partial charge is 0.357 e. The van der Waals surface area contributed by atoms with Crippen molar-refractivity contribution in [3.63, 3.8) is 0 Å². The zero-order valence-electron chi connectivity index (χ0n) is 15.6. The monoisotopic (exact) mass is 348 g/mol. The van der Waals surface area contributed by atoms with Gasteiger partial charge in [0.05, 0.1) is 11.9 Å². The van der Waals surface area contributed by atoms with E-state index in [0.29, 0.717) is 16.6 Å². The molecule has 0 radical (unpaired) electrons. The van der Waals surface area contributed by atoms with Crippen LogP contribution in [0.3, 0.4) is 0 Å². The van der Waals surface area contributed by atoms with E-state index in [1.54, 1.807) is 7.05 Å². The molecule has 0 aliphatic heterocycles. The minimum Gasteiger partial charge on any atom is -0.357 e. The SMILES string of the molecule is C#Cc1c(N(CC)CCCC)n(-c2ccccc2)c2c(=O)n(C)cnc12. The summed E-state index contributed by atoms with van der Waals surface area (Å²) in [4.78, 5) is 19.7. The van der Waals surface area contributed by atoms with Crippen molar-refractivity contribution in [1.82, 2.24) is 14.1 Å². The second kappa shape index (κ2) is 7.49. The van der Waals surface area contributed by atoms with Gasteiger partial charge in [-0.25, -0.2) is 4.98 Å². The lowest BCUT2D eigenvalue weighted by Gasteiger charge is -2.25. The van der Waals surface area contributed by atoms with Crippen LogP contribution in [0.25, 0.3) is 16.7 Å². The van der Waals surface area contributed by atoms with Crippen LogP contribution in [0.1, 0.15) is 32.3 Å². The lowest BCUT2D eigenvalue weighted by atomic mass is 10.2. The number of fused-ring (bicyclic) bond motifs is 1. The van der Waals surface area contributed by atoms with Gasteiger partial charge in [0.1, 0.15) is 16.9 Å². The smallest absolute Gasteiger partial charge is 0.278 e. The second-order valence-corrected chi connectivity index (χ2v) is 6.30. The number of rotatable bonds is 6. The first-order valence-electron chi connectivity index (χ1n) is 9.01.